The first kappa shape index (κ1) is 29.5. The number of halogens is 2. The Morgan fingerprint density at radius 3 is 1.45 bits per heavy atom. The van der Waals surface area contributed by atoms with Crippen LogP contribution in [0.5, 0.6) is 0 Å². The van der Waals surface area contributed by atoms with Crippen LogP contribution < -0.4 is 34.0 Å². The number of fused-ring (bicyclic) bond motifs is 2. The van der Waals surface area contributed by atoms with Crippen molar-refractivity contribution in [1.29, 1.82) is 0 Å². The van der Waals surface area contributed by atoms with Gasteiger partial charge in [-0.25, -0.2) is 36.1 Å². The Labute approximate surface area is 220 Å². The Bertz CT molecular complexity index is 534. The molecule has 0 heterocycles. The summed E-state index contributed by atoms with van der Waals surface area (Å²) in [6.07, 6.45) is 26.7. The van der Waals surface area contributed by atoms with Gasteiger partial charge in [-0.2, -0.15) is 0 Å². The van der Waals surface area contributed by atoms with E-state index in [0.717, 1.165) is 35.5 Å². The molecule has 0 aromatic rings. The van der Waals surface area contributed by atoms with Gasteiger partial charge in [0, 0.05) is 0 Å². The molecule has 4 aliphatic rings. The van der Waals surface area contributed by atoms with E-state index in [1.165, 1.54) is 38.5 Å². The molecule has 2 fully saturated rings. The van der Waals surface area contributed by atoms with Gasteiger partial charge in [0.05, 0.1) is 0 Å². The van der Waals surface area contributed by atoms with Crippen LogP contribution in [-0.2, 0) is 26.2 Å². The molecule has 0 aromatic heterocycles. The summed E-state index contributed by atoms with van der Waals surface area (Å²) in [5.74, 6) is 5.11. The molecule has 0 bridgehead atoms. The molecule has 0 spiro atoms. The number of hydrogen-bond acceptors (Lipinski definition) is 0. The van der Waals surface area contributed by atoms with Gasteiger partial charge in [-0.3, -0.25) is 0 Å². The Kier molecular flexibility index (Phi) is 14.8. The quantitative estimate of drug-likeness (QED) is 0.429. The number of allylic oxidation sites excluding steroid dienone is 8. The summed E-state index contributed by atoms with van der Waals surface area (Å²) in [6.45, 7) is 9.29. The zero-order valence-corrected chi connectivity index (χ0v) is 24.2. The summed E-state index contributed by atoms with van der Waals surface area (Å²) in [7, 11) is 0. The maximum atomic E-state index is 2.51. The van der Waals surface area contributed by atoms with Gasteiger partial charge in [-0.1, -0.05) is 65.2 Å². The second-order valence-corrected chi connectivity index (χ2v) is 9.64. The molecule has 29 heavy (non-hydrogen) atoms. The standard InChI is InChI=1S/2C13H19.2BrH.Zr/c2*1-10(2)7-11-8-12-5-3-4-6-13(12)9-11;;;/h2*3-5,8,10-11,13H,6-7,9H2,1-2H3;2*1H;/q2*-1;;;+4/p-2. The van der Waals surface area contributed by atoms with E-state index in [9.17, 15) is 0 Å². The van der Waals surface area contributed by atoms with Crippen LogP contribution in [0.15, 0.2) is 47.6 Å². The van der Waals surface area contributed by atoms with Crippen molar-refractivity contribution in [2.45, 2.75) is 66.2 Å². The van der Waals surface area contributed by atoms with Gasteiger partial charge in [-0.05, 0) is 36.5 Å². The zero-order valence-electron chi connectivity index (χ0n) is 18.6. The van der Waals surface area contributed by atoms with Gasteiger partial charge >= 0.3 is 26.2 Å². The predicted molar refractivity (Wildman–Crippen MR) is 114 cm³/mol. The van der Waals surface area contributed by atoms with Crippen molar-refractivity contribution in [3.05, 3.63) is 60.4 Å². The minimum Gasteiger partial charge on any atom is -1.00 e. The Morgan fingerprint density at radius 1 is 0.759 bits per heavy atom. The molecule has 0 N–H and O–H groups in total. The van der Waals surface area contributed by atoms with Crippen LogP contribution in [0.2, 0.25) is 0 Å². The molecule has 0 nitrogen and oxygen atoms in total. The Balaban J connectivity index is 0.000000490. The molecule has 3 heteroatoms. The second-order valence-electron chi connectivity index (χ2n) is 9.64. The molecule has 4 rings (SSSR count). The Morgan fingerprint density at radius 2 is 1.14 bits per heavy atom. The predicted octanol–water partition coefficient (Wildman–Crippen LogP) is 1.52. The van der Waals surface area contributed by atoms with Crippen molar-refractivity contribution >= 4 is 0 Å². The van der Waals surface area contributed by atoms with E-state index < -0.39 is 0 Å². The smallest absolute Gasteiger partial charge is 1.00 e. The van der Waals surface area contributed by atoms with Crippen LogP contribution in [0.25, 0.3) is 0 Å². The monoisotopic (exact) mass is 598 g/mol. The van der Waals surface area contributed by atoms with Gasteiger partial charge in [0.25, 0.3) is 0 Å². The summed E-state index contributed by atoms with van der Waals surface area (Å²) >= 11 is 0. The van der Waals surface area contributed by atoms with Crippen LogP contribution in [0.1, 0.15) is 66.2 Å². The third-order valence-corrected chi connectivity index (χ3v) is 6.21. The minimum atomic E-state index is 0. The van der Waals surface area contributed by atoms with Crippen LogP contribution >= 0.6 is 0 Å². The van der Waals surface area contributed by atoms with Gasteiger partial charge in [-0.15, -0.1) is 24.3 Å². The summed E-state index contributed by atoms with van der Waals surface area (Å²) in [5.41, 5.74) is 3.21. The first-order valence-corrected chi connectivity index (χ1v) is 10.9. The largest absolute Gasteiger partial charge is 4.00 e. The average Bonchev–Trinajstić information content (AvgIpc) is 3.16. The average molecular weight is 602 g/mol. The Hall–Kier alpha value is 0.543. The van der Waals surface area contributed by atoms with E-state index in [0.29, 0.717) is 0 Å². The number of rotatable bonds is 4. The summed E-state index contributed by atoms with van der Waals surface area (Å²) < 4.78 is 0. The molecule has 2 saturated carbocycles. The normalized spacial score (nSPS) is 28.2. The van der Waals surface area contributed by atoms with E-state index in [-0.39, 0.29) is 60.2 Å². The molecule has 4 aliphatic carbocycles. The van der Waals surface area contributed by atoms with E-state index >= 15 is 0 Å². The summed E-state index contributed by atoms with van der Waals surface area (Å²) in [5, 5.41) is 0. The fourth-order valence-electron chi connectivity index (χ4n) is 5.19. The topological polar surface area (TPSA) is 0 Å². The molecule has 4 atom stereocenters. The zero-order chi connectivity index (χ0) is 18.5. The molecule has 0 amide bonds. The molecule has 0 aliphatic heterocycles. The van der Waals surface area contributed by atoms with Crippen molar-refractivity contribution in [3.8, 4) is 0 Å². The van der Waals surface area contributed by atoms with Crippen molar-refractivity contribution in [1.82, 2.24) is 0 Å². The molecule has 0 radical (unpaired) electrons. The van der Waals surface area contributed by atoms with Gasteiger partial charge < -0.3 is 34.0 Å². The van der Waals surface area contributed by atoms with Gasteiger partial charge in [0.2, 0.25) is 0 Å². The third kappa shape index (κ3) is 9.28. The minimum absolute atomic E-state index is 0. The van der Waals surface area contributed by atoms with Crippen LogP contribution in [-0.4, -0.2) is 0 Å². The van der Waals surface area contributed by atoms with Crippen LogP contribution in [0, 0.1) is 48.3 Å². The van der Waals surface area contributed by atoms with E-state index in [2.05, 4.69) is 77.0 Å². The maximum absolute atomic E-state index is 2.51. The molecular weight excluding hydrogens is 563 g/mol. The van der Waals surface area contributed by atoms with Crippen LogP contribution in [0.4, 0.5) is 0 Å². The van der Waals surface area contributed by atoms with E-state index in [4.69, 9.17) is 0 Å². The summed E-state index contributed by atoms with van der Waals surface area (Å²) in [6, 6.07) is 0. The van der Waals surface area contributed by atoms with Crippen LogP contribution in [0.3, 0.4) is 0 Å². The first-order chi connectivity index (χ1) is 12.5. The fourth-order valence-corrected chi connectivity index (χ4v) is 5.19. The SMILES string of the molecule is CC(C)CC1[CH-]C2=CC=CCC2C1.CC(C)CC1[CH-]C2=CC=CCC2C1.[Br-].[Br-].[Zr+4]. The molecular formula is C26H38Br2Zr. The molecule has 0 aromatic carbocycles. The van der Waals surface area contributed by atoms with E-state index in [1.807, 2.05) is 0 Å². The van der Waals surface area contributed by atoms with Crippen molar-refractivity contribution in [2.24, 2.45) is 35.5 Å². The van der Waals surface area contributed by atoms with Crippen molar-refractivity contribution in [3.63, 3.8) is 0 Å². The maximum Gasteiger partial charge on any atom is 4.00 e. The molecule has 160 valence electrons. The number of hydrogen-bond donors (Lipinski definition) is 0. The van der Waals surface area contributed by atoms with Gasteiger partial charge in [0.15, 0.2) is 0 Å². The van der Waals surface area contributed by atoms with E-state index in [1.54, 1.807) is 11.1 Å². The first-order valence-electron chi connectivity index (χ1n) is 10.9. The molecule has 0 saturated heterocycles. The summed E-state index contributed by atoms with van der Waals surface area (Å²) in [4.78, 5) is 0. The fraction of sp³-hybridized carbons (Fsp3) is 0.615. The van der Waals surface area contributed by atoms with Gasteiger partial charge in [0.1, 0.15) is 0 Å². The van der Waals surface area contributed by atoms with Crippen molar-refractivity contribution in [2.75, 3.05) is 0 Å². The second kappa shape index (κ2) is 14.6. The van der Waals surface area contributed by atoms with Crippen molar-refractivity contribution < 1.29 is 60.2 Å². The molecule has 4 unspecified atom stereocenters. The third-order valence-electron chi connectivity index (χ3n) is 6.21.